The van der Waals surface area contributed by atoms with Gasteiger partial charge in [-0.25, -0.2) is 5.43 Å². The van der Waals surface area contributed by atoms with Crippen LogP contribution in [0, 0.1) is 13.8 Å². The molecule has 2 amide bonds. The number of nitrogens with zero attached hydrogens (tertiary/aromatic N) is 1. The monoisotopic (exact) mass is 459 g/mol. The normalized spacial score (nSPS) is 11.3. The molecule has 0 aliphatic heterocycles. The summed E-state index contributed by atoms with van der Waals surface area (Å²) in [5.41, 5.74) is 5.95. The van der Waals surface area contributed by atoms with Crippen molar-refractivity contribution in [2.45, 2.75) is 46.5 Å². The molecule has 34 heavy (non-hydrogen) atoms. The second-order valence-corrected chi connectivity index (χ2v) is 8.25. The highest BCUT2D eigenvalue weighted by Crippen LogP contribution is 2.25. The average molecular weight is 460 g/mol. The molecule has 0 aromatic heterocycles. The van der Waals surface area contributed by atoms with Gasteiger partial charge < -0.3 is 10.4 Å². The Labute approximate surface area is 198 Å². The number of carbonyl (C=O) groups is 3. The van der Waals surface area contributed by atoms with Crippen molar-refractivity contribution >= 4 is 39.8 Å². The van der Waals surface area contributed by atoms with Gasteiger partial charge in [0.2, 0.25) is 5.91 Å². The number of phenolic OH excluding ortho intramolecular Hbond substituents is 1. The minimum atomic E-state index is -0.561. The lowest BCUT2D eigenvalue weighted by Crippen LogP contribution is -2.21. The van der Waals surface area contributed by atoms with Gasteiger partial charge in [0.15, 0.2) is 0 Å². The molecule has 0 saturated carbocycles. The van der Waals surface area contributed by atoms with Crippen LogP contribution >= 0.6 is 0 Å². The van der Waals surface area contributed by atoms with E-state index in [-0.39, 0.29) is 42.3 Å². The predicted molar refractivity (Wildman–Crippen MR) is 134 cm³/mol. The summed E-state index contributed by atoms with van der Waals surface area (Å²) in [5, 5.41) is 18.7. The summed E-state index contributed by atoms with van der Waals surface area (Å²) in [7, 11) is 0. The number of rotatable bonds is 9. The number of benzene rings is 3. The highest BCUT2D eigenvalue weighted by molar-refractivity contribution is 6.05. The fourth-order valence-corrected chi connectivity index (χ4v) is 3.46. The Morgan fingerprint density at radius 3 is 2.29 bits per heavy atom. The molecular weight excluding hydrogens is 430 g/mol. The zero-order chi connectivity index (χ0) is 24.7. The molecule has 0 saturated heterocycles. The number of fused-ring (bicyclic) bond motifs is 1. The van der Waals surface area contributed by atoms with Gasteiger partial charge in [-0.2, -0.15) is 5.10 Å². The van der Waals surface area contributed by atoms with Gasteiger partial charge in [-0.3, -0.25) is 14.4 Å². The second-order valence-electron chi connectivity index (χ2n) is 8.25. The van der Waals surface area contributed by atoms with Crippen molar-refractivity contribution < 1.29 is 19.5 Å². The van der Waals surface area contributed by atoms with E-state index in [0.29, 0.717) is 17.8 Å². The molecule has 0 fully saturated rings. The SMILES string of the molecule is CC/C(CC(=O)CCC(=O)Nc1ccc(C)c(C)c1)=N/NC(=O)c1cc2ccccc2cc1O. The smallest absolute Gasteiger partial charge is 0.275 e. The molecule has 3 aromatic rings. The first kappa shape index (κ1) is 24.6. The molecule has 3 rings (SSSR count). The third kappa shape index (κ3) is 6.51. The number of hydrazone groups is 1. The lowest BCUT2D eigenvalue weighted by molar-refractivity contribution is -0.122. The number of nitrogens with one attached hydrogen (secondary N) is 2. The largest absolute Gasteiger partial charge is 0.507 e. The molecule has 0 spiro atoms. The minimum absolute atomic E-state index is 0.0391. The van der Waals surface area contributed by atoms with Crippen molar-refractivity contribution in [1.82, 2.24) is 5.43 Å². The number of hydrogen-bond acceptors (Lipinski definition) is 5. The first-order valence-corrected chi connectivity index (χ1v) is 11.2. The Bertz CT molecular complexity index is 1260. The molecule has 176 valence electrons. The van der Waals surface area contributed by atoms with Crippen LogP contribution in [0.1, 0.15) is 54.1 Å². The van der Waals surface area contributed by atoms with Gasteiger partial charge in [0.25, 0.3) is 5.91 Å². The molecule has 0 unspecified atom stereocenters. The number of Topliss-reactive ketones (excluding diaryl/α,β-unsaturated/α-hetero) is 1. The third-order valence-corrected chi connectivity index (χ3v) is 5.66. The van der Waals surface area contributed by atoms with Crippen molar-refractivity contribution in [3.05, 3.63) is 71.3 Å². The summed E-state index contributed by atoms with van der Waals surface area (Å²) in [5.74, 6) is -1.07. The van der Waals surface area contributed by atoms with E-state index in [2.05, 4.69) is 15.8 Å². The fraction of sp³-hybridized carbons (Fsp3) is 0.259. The molecule has 0 aliphatic rings. The maximum atomic E-state index is 12.5. The number of aryl methyl sites for hydroxylation is 2. The maximum absolute atomic E-state index is 12.5. The first-order valence-electron chi connectivity index (χ1n) is 11.2. The second kappa shape index (κ2) is 11.2. The van der Waals surface area contributed by atoms with Crippen molar-refractivity contribution in [3.8, 4) is 5.75 Å². The van der Waals surface area contributed by atoms with Crippen LogP contribution in [-0.2, 0) is 9.59 Å². The quantitative estimate of drug-likeness (QED) is 0.308. The van der Waals surface area contributed by atoms with Crippen LogP contribution in [0.3, 0.4) is 0 Å². The number of ketones is 1. The molecule has 3 aromatic carbocycles. The van der Waals surface area contributed by atoms with Crippen molar-refractivity contribution in [1.29, 1.82) is 0 Å². The van der Waals surface area contributed by atoms with Gasteiger partial charge in [0, 0.05) is 30.7 Å². The van der Waals surface area contributed by atoms with Crippen LogP contribution in [0.2, 0.25) is 0 Å². The van der Waals surface area contributed by atoms with Gasteiger partial charge in [0.05, 0.1) is 5.56 Å². The first-order chi connectivity index (χ1) is 16.3. The van der Waals surface area contributed by atoms with E-state index in [4.69, 9.17) is 0 Å². The Morgan fingerprint density at radius 1 is 0.912 bits per heavy atom. The van der Waals surface area contributed by atoms with E-state index < -0.39 is 5.91 Å². The number of aromatic hydroxyl groups is 1. The third-order valence-electron chi connectivity index (χ3n) is 5.66. The molecular formula is C27H29N3O4. The molecule has 0 atom stereocenters. The summed E-state index contributed by atoms with van der Waals surface area (Å²) in [6.07, 6.45) is 0.650. The van der Waals surface area contributed by atoms with Gasteiger partial charge in [-0.1, -0.05) is 37.3 Å². The Balaban J connectivity index is 1.53. The summed E-state index contributed by atoms with van der Waals surface area (Å²) < 4.78 is 0. The Hall–Kier alpha value is -4.00. The number of amides is 2. The minimum Gasteiger partial charge on any atom is -0.507 e. The summed E-state index contributed by atoms with van der Waals surface area (Å²) >= 11 is 0. The predicted octanol–water partition coefficient (Wildman–Crippen LogP) is 5.04. The van der Waals surface area contributed by atoms with Crippen molar-refractivity contribution in [2.24, 2.45) is 5.10 Å². The number of anilines is 1. The van der Waals surface area contributed by atoms with Crippen LogP contribution < -0.4 is 10.7 Å². The van der Waals surface area contributed by atoms with Gasteiger partial charge in [0.1, 0.15) is 11.5 Å². The van der Waals surface area contributed by atoms with E-state index >= 15 is 0 Å². The van der Waals surface area contributed by atoms with Crippen LogP contribution in [0.25, 0.3) is 10.8 Å². The number of phenols is 1. The fourth-order valence-electron chi connectivity index (χ4n) is 3.46. The van der Waals surface area contributed by atoms with Crippen LogP contribution in [-0.4, -0.2) is 28.4 Å². The van der Waals surface area contributed by atoms with Gasteiger partial charge in [-0.05, 0) is 66.4 Å². The number of hydrogen-bond donors (Lipinski definition) is 3. The average Bonchev–Trinajstić information content (AvgIpc) is 2.82. The summed E-state index contributed by atoms with van der Waals surface area (Å²) in [6, 6.07) is 16.2. The highest BCUT2D eigenvalue weighted by Gasteiger charge is 2.14. The number of carbonyl (C=O) groups excluding carboxylic acids is 3. The zero-order valence-electron chi connectivity index (χ0n) is 19.6. The Morgan fingerprint density at radius 2 is 1.62 bits per heavy atom. The van der Waals surface area contributed by atoms with Crippen LogP contribution in [0.5, 0.6) is 5.75 Å². The van der Waals surface area contributed by atoms with Crippen molar-refractivity contribution in [3.63, 3.8) is 0 Å². The van der Waals surface area contributed by atoms with E-state index in [1.54, 1.807) is 6.07 Å². The molecule has 7 heteroatoms. The lowest BCUT2D eigenvalue weighted by Gasteiger charge is -2.08. The van der Waals surface area contributed by atoms with E-state index in [0.717, 1.165) is 21.9 Å². The molecule has 7 nitrogen and oxygen atoms in total. The zero-order valence-corrected chi connectivity index (χ0v) is 19.6. The standard InChI is InChI=1S/C27H29N3O4/c1-4-21(16-23(31)11-12-26(33)28-22-10-9-17(2)18(3)13-22)29-30-27(34)24-14-19-7-5-6-8-20(19)15-25(24)32/h5-10,13-15,32H,4,11-12,16H2,1-3H3,(H,28,33)(H,30,34)/b29-21-. The molecule has 0 aliphatic carbocycles. The van der Waals surface area contributed by atoms with Crippen LogP contribution in [0.4, 0.5) is 5.69 Å². The van der Waals surface area contributed by atoms with Gasteiger partial charge >= 0.3 is 0 Å². The van der Waals surface area contributed by atoms with Crippen LogP contribution in [0.15, 0.2) is 59.7 Å². The lowest BCUT2D eigenvalue weighted by atomic mass is 10.1. The molecule has 0 heterocycles. The maximum Gasteiger partial charge on any atom is 0.275 e. The molecule has 0 bridgehead atoms. The molecule has 3 N–H and O–H groups in total. The topological polar surface area (TPSA) is 108 Å². The van der Waals surface area contributed by atoms with E-state index in [1.807, 2.05) is 63.2 Å². The van der Waals surface area contributed by atoms with Crippen molar-refractivity contribution in [2.75, 3.05) is 5.32 Å². The summed E-state index contributed by atoms with van der Waals surface area (Å²) in [6.45, 7) is 5.80. The van der Waals surface area contributed by atoms with Gasteiger partial charge in [-0.15, -0.1) is 0 Å². The summed E-state index contributed by atoms with van der Waals surface area (Å²) in [4.78, 5) is 37.1. The van der Waals surface area contributed by atoms with E-state index in [1.165, 1.54) is 6.07 Å². The van der Waals surface area contributed by atoms with E-state index in [9.17, 15) is 19.5 Å². The highest BCUT2D eigenvalue weighted by atomic mass is 16.3. The Kier molecular flexibility index (Phi) is 8.14. The molecule has 0 radical (unpaired) electrons.